The lowest BCUT2D eigenvalue weighted by atomic mass is 10.0. The highest BCUT2D eigenvalue weighted by atomic mass is 35.5. The summed E-state index contributed by atoms with van der Waals surface area (Å²) in [4.78, 5) is 30.9. The minimum Gasteiger partial charge on any atom is -0.480 e. The molecule has 1 amide bonds. The Morgan fingerprint density at radius 3 is 2.69 bits per heavy atom. The molecule has 1 aliphatic heterocycles. The van der Waals surface area contributed by atoms with Gasteiger partial charge in [-0.05, 0) is 49.8 Å². The van der Waals surface area contributed by atoms with Gasteiger partial charge in [-0.15, -0.1) is 0 Å². The Kier molecular flexibility index (Phi) is 7.79. The predicted molar refractivity (Wildman–Crippen MR) is 129 cm³/mol. The van der Waals surface area contributed by atoms with Crippen molar-refractivity contribution in [3.63, 3.8) is 0 Å². The molecule has 2 atom stereocenters. The molecule has 10 heteroatoms. The second-order valence-corrected chi connectivity index (χ2v) is 8.09. The van der Waals surface area contributed by atoms with Crippen molar-refractivity contribution in [3.8, 4) is 0 Å². The number of carboxylic acids is 1. The minimum absolute atomic E-state index is 0.0151. The third kappa shape index (κ3) is 5.42. The normalized spacial score (nSPS) is 16.5. The summed E-state index contributed by atoms with van der Waals surface area (Å²) in [6, 6.07) is 13.7. The van der Waals surface area contributed by atoms with Crippen LogP contribution in [0.15, 0.2) is 53.5 Å². The average molecular weight is 474 g/mol. The van der Waals surface area contributed by atoms with E-state index in [4.69, 9.17) is 29.6 Å². The summed E-state index contributed by atoms with van der Waals surface area (Å²) < 4.78 is 0. The quantitative estimate of drug-likeness (QED) is 0.455. The van der Waals surface area contributed by atoms with Crippen molar-refractivity contribution in [2.75, 3.05) is 18.5 Å². The number of anilines is 1. The number of aliphatic carboxylic acids is 1. The standard InChI is InChI=1S/C22H24ClN5O3S/c1-28-17-10-9-14(23)12-15(17)18(13-6-3-2-4-7-13)26-19(20(28)29)27-22(32)25-16(21(30)31)8-5-11-24/h2-4,6-7,9-10,12,16,19H,5,8,11,24H2,1H3,(H,30,31)(H2,25,27,32). The highest BCUT2D eigenvalue weighted by molar-refractivity contribution is 7.80. The summed E-state index contributed by atoms with van der Waals surface area (Å²) in [7, 11) is 1.64. The molecule has 32 heavy (non-hydrogen) atoms. The van der Waals surface area contributed by atoms with Gasteiger partial charge in [0.15, 0.2) is 5.11 Å². The van der Waals surface area contributed by atoms with E-state index < -0.39 is 18.2 Å². The fourth-order valence-electron chi connectivity index (χ4n) is 3.37. The molecule has 0 bridgehead atoms. The van der Waals surface area contributed by atoms with Crippen LogP contribution in [0, 0.1) is 0 Å². The number of thiocarbonyl (C=S) groups is 1. The monoisotopic (exact) mass is 473 g/mol. The molecule has 0 radical (unpaired) electrons. The molecule has 0 aromatic heterocycles. The number of benzodiazepines with no additional fused rings is 1. The van der Waals surface area contributed by atoms with Crippen molar-refractivity contribution >= 4 is 52.2 Å². The van der Waals surface area contributed by atoms with Crippen molar-refractivity contribution in [2.24, 2.45) is 10.7 Å². The maximum Gasteiger partial charge on any atom is 0.326 e. The fraction of sp³-hybridized carbons (Fsp3) is 0.273. The van der Waals surface area contributed by atoms with E-state index in [0.29, 0.717) is 41.4 Å². The van der Waals surface area contributed by atoms with E-state index in [2.05, 4.69) is 15.6 Å². The number of nitrogens with two attached hydrogens (primary N) is 1. The molecule has 168 valence electrons. The first kappa shape index (κ1) is 23.6. The van der Waals surface area contributed by atoms with Crippen LogP contribution >= 0.6 is 23.8 Å². The number of hydrogen-bond acceptors (Lipinski definition) is 5. The van der Waals surface area contributed by atoms with Crippen LogP contribution < -0.4 is 21.3 Å². The highest BCUT2D eigenvalue weighted by Crippen LogP contribution is 2.29. The third-order valence-corrected chi connectivity index (χ3v) is 5.48. The topological polar surface area (TPSA) is 120 Å². The van der Waals surface area contributed by atoms with Crippen molar-refractivity contribution < 1.29 is 14.7 Å². The lowest BCUT2D eigenvalue weighted by Crippen LogP contribution is -2.52. The van der Waals surface area contributed by atoms with Gasteiger partial charge in [-0.2, -0.15) is 0 Å². The molecule has 8 nitrogen and oxygen atoms in total. The van der Waals surface area contributed by atoms with E-state index >= 15 is 0 Å². The minimum atomic E-state index is -1.06. The number of halogens is 1. The predicted octanol–water partition coefficient (Wildman–Crippen LogP) is 2.14. The molecule has 2 unspecified atom stereocenters. The first-order valence-electron chi connectivity index (χ1n) is 10.0. The Labute approximate surface area is 196 Å². The Balaban J connectivity index is 1.95. The van der Waals surface area contributed by atoms with Crippen LogP contribution in [-0.4, -0.2) is 53.6 Å². The van der Waals surface area contributed by atoms with Gasteiger partial charge in [0.1, 0.15) is 6.04 Å². The second kappa shape index (κ2) is 10.5. The molecule has 3 rings (SSSR count). The van der Waals surface area contributed by atoms with Gasteiger partial charge in [0.05, 0.1) is 11.4 Å². The van der Waals surface area contributed by atoms with Crippen LogP contribution in [-0.2, 0) is 9.59 Å². The Morgan fingerprint density at radius 1 is 1.31 bits per heavy atom. The number of rotatable bonds is 7. The van der Waals surface area contributed by atoms with Crippen molar-refractivity contribution in [2.45, 2.75) is 25.0 Å². The van der Waals surface area contributed by atoms with E-state index in [1.807, 2.05) is 30.3 Å². The zero-order valence-corrected chi connectivity index (χ0v) is 19.0. The number of nitrogens with one attached hydrogen (secondary N) is 2. The molecular weight excluding hydrogens is 450 g/mol. The van der Waals surface area contributed by atoms with Gasteiger partial charge in [-0.1, -0.05) is 41.9 Å². The van der Waals surface area contributed by atoms with Gasteiger partial charge in [-0.25, -0.2) is 9.79 Å². The van der Waals surface area contributed by atoms with Gasteiger partial charge in [0.2, 0.25) is 6.17 Å². The summed E-state index contributed by atoms with van der Waals surface area (Å²) in [6.07, 6.45) is -0.246. The maximum absolute atomic E-state index is 13.2. The molecule has 5 N–H and O–H groups in total. The molecule has 2 aromatic rings. The first-order valence-corrected chi connectivity index (χ1v) is 10.8. The number of nitrogens with zero attached hydrogens (tertiary/aromatic N) is 2. The van der Waals surface area contributed by atoms with Crippen LogP contribution in [0.5, 0.6) is 0 Å². The summed E-state index contributed by atoms with van der Waals surface area (Å²) >= 11 is 11.5. The van der Waals surface area contributed by atoms with Gasteiger partial charge in [0.25, 0.3) is 5.91 Å². The van der Waals surface area contributed by atoms with E-state index in [1.54, 1.807) is 25.2 Å². The molecule has 1 aliphatic rings. The molecule has 0 aliphatic carbocycles. The largest absolute Gasteiger partial charge is 0.480 e. The molecule has 0 saturated carbocycles. The molecule has 0 saturated heterocycles. The lowest BCUT2D eigenvalue weighted by Gasteiger charge is -2.23. The number of carboxylic acid groups (broad SMARTS) is 1. The zero-order chi connectivity index (χ0) is 23.3. The smallest absolute Gasteiger partial charge is 0.326 e. The Morgan fingerprint density at radius 2 is 2.03 bits per heavy atom. The second-order valence-electron chi connectivity index (χ2n) is 7.24. The molecule has 2 aromatic carbocycles. The maximum atomic E-state index is 13.2. The van der Waals surface area contributed by atoms with Crippen molar-refractivity contribution in [1.29, 1.82) is 0 Å². The Bertz CT molecular complexity index is 1050. The number of fused-ring (bicyclic) bond motifs is 1. The van der Waals surface area contributed by atoms with Crippen LogP contribution in [0.1, 0.15) is 24.0 Å². The summed E-state index contributed by atoms with van der Waals surface area (Å²) in [5, 5.41) is 15.6. The number of benzene rings is 2. The van der Waals surface area contributed by atoms with E-state index in [1.165, 1.54) is 4.90 Å². The van der Waals surface area contributed by atoms with Crippen molar-refractivity contribution in [1.82, 2.24) is 10.6 Å². The van der Waals surface area contributed by atoms with E-state index in [9.17, 15) is 14.7 Å². The summed E-state index contributed by atoms with van der Waals surface area (Å²) in [5.41, 5.74) is 8.21. The van der Waals surface area contributed by atoms with Gasteiger partial charge in [-0.3, -0.25) is 4.79 Å². The van der Waals surface area contributed by atoms with Crippen LogP contribution in [0.25, 0.3) is 0 Å². The molecule has 0 fully saturated rings. The number of amides is 1. The molecular formula is C22H24ClN5O3S. The number of likely N-dealkylation sites (N-methyl/N-ethyl adjacent to an activating group) is 1. The highest BCUT2D eigenvalue weighted by Gasteiger charge is 2.31. The average Bonchev–Trinajstić information content (AvgIpc) is 2.87. The summed E-state index contributed by atoms with van der Waals surface area (Å²) in [6.45, 7) is 0.364. The SMILES string of the molecule is CN1C(=O)C(NC(=S)NC(CCCN)C(=O)O)N=C(c2ccccc2)c2cc(Cl)ccc21. The lowest BCUT2D eigenvalue weighted by molar-refractivity contribution is -0.139. The van der Waals surface area contributed by atoms with Crippen LogP contribution in [0.4, 0.5) is 5.69 Å². The molecule has 1 heterocycles. The first-order chi connectivity index (χ1) is 15.3. The van der Waals surface area contributed by atoms with Gasteiger partial charge >= 0.3 is 5.97 Å². The van der Waals surface area contributed by atoms with E-state index in [0.717, 1.165) is 5.56 Å². The summed E-state index contributed by atoms with van der Waals surface area (Å²) in [5.74, 6) is -1.40. The molecule has 0 spiro atoms. The number of hydrogen-bond donors (Lipinski definition) is 4. The number of aliphatic imine (C=N–C) groups is 1. The number of carbonyl (C=O) groups is 2. The zero-order valence-electron chi connectivity index (χ0n) is 17.4. The Hall–Kier alpha value is -3.01. The van der Waals surface area contributed by atoms with E-state index in [-0.39, 0.29) is 11.0 Å². The van der Waals surface area contributed by atoms with Crippen molar-refractivity contribution in [3.05, 3.63) is 64.7 Å². The third-order valence-electron chi connectivity index (χ3n) is 5.01. The van der Waals surface area contributed by atoms with Crippen LogP contribution in [0.2, 0.25) is 5.02 Å². The van der Waals surface area contributed by atoms with Crippen LogP contribution in [0.3, 0.4) is 0 Å². The fourth-order valence-corrected chi connectivity index (χ4v) is 3.80. The number of carbonyl (C=O) groups excluding carboxylic acids is 1. The van der Waals surface area contributed by atoms with Gasteiger partial charge < -0.3 is 26.4 Å². The van der Waals surface area contributed by atoms with Gasteiger partial charge in [0, 0.05) is 23.2 Å².